The second kappa shape index (κ2) is 4.39. The van der Waals surface area contributed by atoms with Gasteiger partial charge >= 0.3 is 12.4 Å². The molecule has 0 saturated carbocycles. The Bertz CT molecular complexity index is 271. The second-order valence-electron chi connectivity index (χ2n) is 3.26. The van der Waals surface area contributed by atoms with Crippen LogP contribution in [-0.4, -0.2) is 36.4 Å². The SMILES string of the molecule is COC1(OC)CC(C(F)(F)F)(C(F)(F)F)SS1. The molecule has 0 radical (unpaired) electrons. The maximum Gasteiger partial charge on any atom is 0.413 e. The lowest BCUT2D eigenvalue weighted by atomic mass is 10.0. The molecule has 0 aromatic rings. The number of ether oxygens (including phenoxy) is 2. The number of hydrogen-bond donors (Lipinski definition) is 0. The maximum absolute atomic E-state index is 12.7. The highest BCUT2D eigenvalue weighted by Crippen LogP contribution is 2.68. The molecule has 0 spiro atoms. The molecule has 1 aliphatic rings. The Morgan fingerprint density at radius 2 is 1.29 bits per heavy atom. The van der Waals surface area contributed by atoms with Gasteiger partial charge in [0.05, 0.1) is 0 Å². The minimum atomic E-state index is -5.43. The van der Waals surface area contributed by atoms with E-state index in [1.165, 1.54) is 0 Å². The topological polar surface area (TPSA) is 18.5 Å². The molecule has 1 rings (SSSR count). The van der Waals surface area contributed by atoms with Gasteiger partial charge in [-0.2, -0.15) is 26.3 Å². The lowest BCUT2D eigenvalue weighted by Gasteiger charge is -2.33. The van der Waals surface area contributed by atoms with Gasteiger partial charge in [-0.3, -0.25) is 0 Å². The average molecular weight is 302 g/mol. The summed E-state index contributed by atoms with van der Waals surface area (Å²) in [5, 5.41) is -1.93. The van der Waals surface area contributed by atoms with Crippen molar-refractivity contribution in [3.8, 4) is 0 Å². The summed E-state index contributed by atoms with van der Waals surface area (Å²) in [6.45, 7) is 0. The van der Waals surface area contributed by atoms with Crippen molar-refractivity contribution in [3.05, 3.63) is 0 Å². The second-order valence-corrected chi connectivity index (χ2v) is 5.91. The Balaban J connectivity index is 3.15. The van der Waals surface area contributed by atoms with Gasteiger partial charge < -0.3 is 9.47 Å². The van der Waals surface area contributed by atoms with Crippen molar-refractivity contribution < 1.29 is 35.8 Å². The monoisotopic (exact) mass is 302 g/mol. The predicted molar refractivity (Wildman–Crippen MR) is 51.4 cm³/mol. The summed E-state index contributed by atoms with van der Waals surface area (Å²) in [4.78, 5) is 0. The normalized spacial score (nSPS) is 24.0. The Morgan fingerprint density at radius 3 is 1.47 bits per heavy atom. The molecule has 1 saturated heterocycles. The molecule has 0 bridgehead atoms. The van der Waals surface area contributed by atoms with Crippen molar-refractivity contribution in [2.45, 2.75) is 28.6 Å². The fourth-order valence-corrected chi connectivity index (χ4v) is 4.60. The summed E-state index contributed by atoms with van der Waals surface area (Å²) in [6, 6.07) is 0. The molecule has 102 valence electrons. The van der Waals surface area contributed by atoms with Gasteiger partial charge in [-0.15, -0.1) is 0 Å². The van der Waals surface area contributed by atoms with Gasteiger partial charge in [0.2, 0.25) is 9.87 Å². The first-order valence-electron chi connectivity index (χ1n) is 4.14. The predicted octanol–water partition coefficient (Wildman–Crippen LogP) is 3.58. The summed E-state index contributed by atoms with van der Waals surface area (Å²) < 4.78 is 81.3. The smallest absolute Gasteiger partial charge is 0.344 e. The zero-order valence-corrected chi connectivity index (χ0v) is 10.2. The van der Waals surface area contributed by atoms with E-state index in [0.717, 1.165) is 14.2 Å². The first-order valence-corrected chi connectivity index (χ1v) is 6.29. The van der Waals surface area contributed by atoms with Crippen LogP contribution in [0.2, 0.25) is 0 Å². The third-order valence-corrected chi connectivity index (χ3v) is 5.89. The molecule has 1 aliphatic heterocycles. The minimum Gasteiger partial charge on any atom is -0.344 e. The summed E-state index contributed by atoms with van der Waals surface area (Å²) in [5.41, 5.74) is 0. The van der Waals surface area contributed by atoms with Crippen molar-refractivity contribution >= 4 is 21.6 Å². The lowest BCUT2D eigenvalue weighted by Crippen LogP contribution is -2.54. The molecule has 0 aliphatic carbocycles. The van der Waals surface area contributed by atoms with E-state index < -0.39 is 28.6 Å². The van der Waals surface area contributed by atoms with Gasteiger partial charge in [-0.1, -0.05) is 10.8 Å². The van der Waals surface area contributed by atoms with E-state index in [1.807, 2.05) is 0 Å². The largest absolute Gasteiger partial charge is 0.413 e. The van der Waals surface area contributed by atoms with Gasteiger partial charge in [0.1, 0.15) is 0 Å². The fraction of sp³-hybridized carbons (Fsp3) is 1.00. The molecule has 10 heteroatoms. The zero-order valence-electron chi connectivity index (χ0n) is 8.61. The zero-order chi connectivity index (χ0) is 13.5. The Morgan fingerprint density at radius 1 is 0.882 bits per heavy atom. The van der Waals surface area contributed by atoms with E-state index in [-0.39, 0.29) is 21.6 Å². The Labute approximate surface area is 101 Å². The molecule has 1 fully saturated rings. The van der Waals surface area contributed by atoms with Gasteiger partial charge in [0.15, 0.2) is 0 Å². The van der Waals surface area contributed by atoms with Gasteiger partial charge in [0.25, 0.3) is 0 Å². The average Bonchev–Trinajstić information content (AvgIpc) is 2.58. The van der Waals surface area contributed by atoms with Gasteiger partial charge in [0, 0.05) is 20.6 Å². The van der Waals surface area contributed by atoms with E-state index in [2.05, 4.69) is 9.47 Å². The molecular weight excluding hydrogens is 294 g/mol. The standard InChI is InChI=1S/C7H8F6O2S2/c1-14-5(15-2)3-4(16-17-5,6(8,9)10)7(11,12)13/h3H2,1-2H3. The molecule has 0 unspecified atom stereocenters. The number of hydrogen-bond acceptors (Lipinski definition) is 4. The number of alkyl halides is 6. The van der Waals surface area contributed by atoms with E-state index in [4.69, 9.17) is 0 Å². The van der Waals surface area contributed by atoms with Crippen LogP contribution in [0.25, 0.3) is 0 Å². The van der Waals surface area contributed by atoms with Crippen molar-refractivity contribution in [1.82, 2.24) is 0 Å². The number of rotatable bonds is 2. The molecule has 0 atom stereocenters. The first-order chi connectivity index (χ1) is 7.54. The lowest BCUT2D eigenvalue weighted by molar-refractivity contribution is -0.281. The summed E-state index contributed by atoms with van der Waals surface area (Å²) in [6.07, 6.45) is -12.2. The molecule has 0 aromatic carbocycles. The van der Waals surface area contributed by atoms with E-state index in [0.29, 0.717) is 0 Å². The quantitative estimate of drug-likeness (QED) is 0.441. The van der Waals surface area contributed by atoms with Crippen LogP contribution >= 0.6 is 21.6 Å². The van der Waals surface area contributed by atoms with Crippen molar-refractivity contribution in [2.75, 3.05) is 14.2 Å². The fourth-order valence-electron chi connectivity index (χ4n) is 1.25. The van der Waals surface area contributed by atoms with Crippen LogP contribution in [0, 0.1) is 0 Å². The van der Waals surface area contributed by atoms with Gasteiger partial charge in [-0.05, 0) is 10.8 Å². The minimum absolute atomic E-state index is 0.283. The van der Waals surface area contributed by atoms with Crippen LogP contribution in [0.1, 0.15) is 6.42 Å². The van der Waals surface area contributed by atoms with Crippen molar-refractivity contribution in [3.63, 3.8) is 0 Å². The van der Waals surface area contributed by atoms with Crippen molar-refractivity contribution in [1.29, 1.82) is 0 Å². The van der Waals surface area contributed by atoms with E-state index in [9.17, 15) is 26.3 Å². The number of halogens is 6. The molecule has 1 heterocycles. The van der Waals surface area contributed by atoms with Crippen LogP contribution < -0.4 is 0 Å². The highest BCUT2D eigenvalue weighted by Gasteiger charge is 2.77. The Hall–Kier alpha value is 0.200. The summed E-state index contributed by atoms with van der Waals surface area (Å²) in [7, 11) is 1.96. The highest BCUT2D eigenvalue weighted by atomic mass is 33.1. The van der Waals surface area contributed by atoms with E-state index in [1.54, 1.807) is 0 Å². The summed E-state index contributed by atoms with van der Waals surface area (Å²) >= 11 is 0. The number of methoxy groups -OCH3 is 2. The third-order valence-electron chi connectivity index (χ3n) is 2.31. The molecule has 0 N–H and O–H groups in total. The van der Waals surface area contributed by atoms with Gasteiger partial charge in [-0.25, -0.2) is 0 Å². The maximum atomic E-state index is 12.7. The van der Waals surface area contributed by atoms with Crippen molar-refractivity contribution in [2.24, 2.45) is 0 Å². The molecule has 17 heavy (non-hydrogen) atoms. The molecule has 0 amide bonds. The van der Waals surface area contributed by atoms with Crippen LogP contribution in [0.3, 0.4) is 0 Å². The first kappa shape index (κ1) is 15.3. The van der Waals surface area contributed by atoms with Crippen LogP contribution in [-0.2, 0) is 9.47 Å². The van der Waals surface area contributed by atoms with E-state index >= 15 is 0 Å². The Kier molecular flexibility index (Phi) is 3.94. The van der Waals surface area contributed by atoms with Crippen LogP contribution in [0.4, 0.5) is 26.3 Å². The molecular formula is C7H8F6O2S2. The third kappa shape index (κ3) is 2.36. The highest BCUT2D eigenvalue weighted by molar-refractivity contribution is 8.78. The summed E-state index contributed by atoms with van der Waals surface area (Å²) in [5.74, 6) is 0. The van der Waals surface area contributed by atoms with Crippen LogP contribution in [0.15, 0.2) is 0 Å². The molecule has 0 aromatic heterocycles. The van der Waals surface area contributed by atoms with Crippen LogP contribution in [0.5, 0.6) is 0 Å². The molecule has 2 nitrogen and oxygen atoms in total.